The molecule has 0 bridgehead atoms. The van der Waals surface area contributed by atoms with Gasteiger partial charge in [-0.15, -0.1) is 0 Å². The standard InChI is InChI=1S/C23H26N6O3S/c1-15(2)28-20-10-21(22-4-3-18-9-17(11-24)13-27-29(18)22)25-14-19(20)23(30)26-12-16-5-7-33(31,32)8-6-16/h3-4,9-10,13-16H,5-8,12H2,1-2H3,(H,25,28)(H,26,30). The van der Waals surface area contributed by atoms with Gasteiger partial charge in [0.05, 0.1) is 51.4 Å². The fourth-order valence-electron chi connectivity index (χ4n) is 3.94. The first-order valence-corrected chi connectivity index (χ1v) is 12.7. The highest BCUT2D eigenvalue weighted by atomic mass is 32.2. The molecule has 0 atom stereocenters. The van der Waals surface area contributed by atoms with Crippen LogP contribution >= 0.6 is 0 Å². The van der Waals surface area contributed by atoms with Crippen molar-refractivity contribution in [2.24, 2.45) is 5.92 Å². The van der Waals surface area contributed by atoms with Crippen LogP contribution in [0.1, 0.15) is 42.6 Å². The summed E-state index contributed by atoms with van der Waals surface area (Å²) in [6, 6.07) is 9.49. The number of carbonyl (C=O) groups excluding carboxylic acids is 1. The topological polar surface area (TPSA) is 129 Å². The van der Waals surface area contributed by atoms with Gasteiger partial charge in [-0.05, 0) is 56.9 Å². The third-order valence-electron chi connectivity index (χ3n) is 5.71. The summed E-state index contributed by atoms with van der Waals surface area (Å²) in [6.45, 7) is 4.41. The van der Waals surface area contributed by atoms with Crippen LogP contribution in [0.5, 0.6) is 0 Å². The lowest BCUT2D eigenvalue weighted by Crippen LogP contribution is -2.34. The number of nitrogens with zero attached hydrogens (tertiary/aromatic N) is 4. The number of hydrogen-bond donors (Lipinski definition) is 2. The smallest absolute Gasteiger partial charge is 0.254 e. The second-order valence-electron chi connectivity index (χ2n) is 8.63. The number of pyridine rings is 1. The molecule has 4 heterocycles. The maximum absolute atomic E-state index is 12.9. The lowest BCUT2D eigenvalue weighted by atomic mass is 10.0. The normalized spacial score (nSPS) is 15.9. The Morgan fingerprint density at radius 2 is 2.00 bits per heavy atom. The molecule has 0 aliphatic carbocycles. The van der Waals surface area contributed by atoms with Crippen LogP contribution in [0.15, 0.2) is 36.7 Å². The van der Waals surface area contributed by atoms with Gasteiger partial charge < -0.3 is 10.6 Å². The summed E-state index contributed by atoms with van der Waals surface area (Å²) in [5.41, 5.74) is 3.73. The number of nitrogens with one attached hydrogen (secondary N) is 2. The van der Waals surface area contributed by atoms with E-state index >= 15 is 0 Å². The molecule has 0 unspecified atom stereocenters. The molecule has 3 aromatic rings. The lowest BCUT2D eigenvalue weighted by Gasteiger charge is -2.22. The van der Waals surface area contributed by atoms with E-state index in [4.69, 9.17) is 5.26 Å². The molecule has 1 saturated heterocycles. The van der Waals surface area contributed by atoms with E-state index in [0.717, 1.165) is 11.2 Å². The van der Waals surface area contributed by atoms with Gasteiger partial charge in [0, 0.05) is 18.8 Å². The van der Waals surface area contributed by atoms with Gasteiger partial charge in [0.2, 0.25) is 0 Å². The number of amides is 1. The molecule has 172 valence electrons. The molecule has 0 saturated carbocycles. The van der Waals surface area contributed by atoms with Crippen molar-refractivity contribution in [3.05, 3.63) is 47.8 Å². The molecule has 33 heavy (non-hydrogen) atoms. The van der Waals surface area contributed by atoms with E-state index in [1.54, 1.807) is 16.8 Å². The first kappa shape index (κ1) is 22.7. The molecule has 0 radical (unpaired) electrons. The van der Waals surface area contributed by atoms with E-state index in [-0.39, 0.29) is 29.4 Å². The maximum atomic E-state index is 12.9. The fraction of sp³-hybridized carbons (Fsp3) is 0.391. The van der Waals surface area contributed by atoms with Crippen LogP contribution in [0.4, 0.5) is 5.69 Å². The van der Waals surface area contributed by atoms with Crippen LogP contribution in [0, 0.1) is 17.2 Å². The molecule has 1 fully saturated rings. The van der Waals surface area contributed by atoms with Crippen molar-refractivity contribution in [2.45, 2.75) is 32.7 Å². The second kappa shape index (κ2) is 9.19. The number of aromatic nitrogens is 3. The van der Waals surface area contributed by atoms with E-state index in [1.165, 1.54) is 6.20 Å². The minimum absolute atomic E-state index is 0.0933. The van der Waals surface area contributed by atoms with E-state index in [2.05, 4.69) is 26.8 Å². The van der Waals surface area contributed by atoms with Crippen LogP contribution in [0.2, 0.25) is 0 Å². The van der Waals surface area contributed by atoms with Crippen molar-refractivity contribution in [1.29, 1.82) is 5.26 Å². The van der Waals surface area contributed by atoms with Crippen molar-refractivity contribution in [3.63, 3.8) is 0 Å². The number of fused-ring (bicyclic) bond motifs is 1. The van der Waals surface area contributed by atoms with Crippen LogP contribution in [-0.2, 0) is 9.84 Å². The lowest BCUT2D eigenvalue weighted by molar-refractivity contribution is 0.0946. The Kier molecular flexibility index (Phi) is 6.33. The van der Waals surface area contributed by atoms with E-state index in [1.807, 2.05) is 32.0 Å². The van der Waals surface area contributed by atoms with Crippen molar-refractivity contribution in [3.8, 4) is 17.5 Å². The number of carbonyl (C=O) groups is 1. The Hall–Kier alpha value is -3.45. The molecule has 1 aliphatic heterocycles. The van der Waals surface area contributed by atoms with Crippen molar-refractivity contribution >= 4 is 26.9 Å². The molecule has 1 amide bonds. The third-order valence-corrected chi connectivity index (χ3v) is 7.43. The van der Waals surface area contributed by atoms with Gasteiger partial charge in [-0.3, -0.25) is 9.78 Å². The SMILES string of the molecule is CC(C)Nc1cc(-c2ccc3cc(C#N)cnn23)ncc1C(=O)NCC1CCS(=O)(=O)CC1. The van der Waals surface area contributed by atoms with Gasteiger partial charge in [0.15, 0.2) is 0 Å². The van der Waals surface area contributed by atoms with Crippen molar-refractivity contribution < 1.29 is 13.2 Å². The molecule has 10 heteroatoms. The number of nitriles is 1. The quantitative estimate of drug-likeness (QED) is 0.571. The highest BCUT2D eigenvalue weighted by molar-refractivity contribution is 7.91. The summed E-state index contributed by atoms with van der Waals surface area (Å²) in [5, 5.41) is 19.7. The van der Waals surface area contributed by atoms with Gasteiger partial charge in [-0.2, -0.15) is 10.4 Å². The van der Waals surface area contributed by atoms with Crippen LogP contribution in [0.25, 0.3) is 16.9 Å². The average molecular weight is 467 g/mol. The average Bonchev–Trinajstić information content (AvgIpc) is 3.21. The van der Waals surface area contributed by atoms with Crippen molar-refractivity contribution in [2.75, 3.05) is 23.4 Å². The Morgan fingerprint density at radius 1 is 1.24 bits per heavy atom. The number of hydrogen-bond acceptors (Lipinski definition) is 7. The summed E-state index contributed by atoms with van der Waals surface area (Å²) < 4.78 is 25.0. The highest BCUT2D eigenvalue weighted by Gasteiger charge is 2.24. The van der Waals surface area contributed by atoms with Gasteiger partial charge in [-0.1, -0.05) is 0 Å². The van der Waals surface area contributed by atoms with Gasteiger partial charge >= 0.3 is 0 Å². The number of sulfone groups is 1. The molecular formula is C23H26N6O3S. The number of rotatable bonds is 6. The largest absolute Gasteiger partial charge is 0.382 e. The van der Waals surface area contributed by atoms with Crippen molar-refractivity contribution in [1.82, 2.24) is 19.9 Å². The molecule has 0 spiro atoms. The summed E-state index contributed by atoms with van der Waals surface area (Å²) >= 11 is 0. The predicted molar refractivity (Wildman–Crippen MR) is 126 cm³/mol. The molecule has 2 N–H and O–H groups in total. The Labute approximate surface area is 192 Å². The van der Waals surface area contributed by atoms with Gasteiger partial charge in [0.25, 0.3) is 5.91 Å². The second-order valence-corrected chi connectivity index (χ2v) is 10.9. The first-order chi connectivity index (χ1) is 15.8. The fourth-order valence-corrected chi connectivity index (χ4v) is 5.53. The zero-order chi connectivity index (χ0) is 23.6. The third kappa shape index (κ3) is 5.14. The molecule has 9 nitrogen and oxygen atoms in total. The van der Waals surface area contributed by atoms with Gasteiger partial charge in [-0.25, -0.2) is 12.9 Å². The highest BCUT2D eigenvalue weighted by Crippen LogP contribution is 2.26. The molecule has 3 aromatic heterocycles. The molecule has 1 aliphatic rings. The Balaban J connectivity index is 1.57. The monoisotopic (exact) mass is 466 g/mol. The van der Waals surface area contributed by atoms with Gasteiger partial charge in [0.1, 0.15) is 15.9 Å². The maximum Gasteiger partial charge on any atom is 0.254 e. The minimum atomic E-state index is -2.93. The summed E-state index contributed by atoms with van der Waals surface area (Å²) in [7, 11) is -2.93. The van der Waals surface area contributed by atoms with Crippen LogP contribution < -0.4 is 10.6 Å². The van der Waals surface area contributed by atoms with E-state index < -0.39 is 9.84 Å². The Bertz CT molecular complexity index is 1330. The summed E-state index contributed by atoms with van der Waals surface area (Å²) in [5.74, 6) is 0.267. The van der Waals surface area contributed by atoms with E-state index in [0.29, 0.717) is 41.9 Å². The minimum Gasteiger partial charge on any atom is -0.382 e. The molecule has 0 aromatic carbocycles. The molecular weight excluding hydrogens is 440 g/mol. The summed E-state index contributed by atoms with van der Waals surface area (Å²) in [6.07, 6.45) is 4.18. The zero-order valence-electron chi connectivity index (χ0n) is 18.6. The summed E-state index contributed by atoms with van der Waals surface area (Å²) in [4.78, 5) is 17.5. The Morgan fingerprint density at radius 3 is 2.70 bits per heavy atom. The van der Waals surface area contributed by atoms with Crippen LogP contribution in [-0.4, -0.2) is 53.0 Å². The first-order valence-electron chi connectivity index (χ1n) is 10.9. The predicted octanol–water partition coefficient (Wildman–Crippen LogP) is 2.64. The zero-order valence-corrected chi connectivity index (χ0v) is 19.4. The van der Waals surface area contributed by atoms with Crippen LogP contribution in [0.3, 0.4) is 0 Å². The van der Waals surface area contributed by atoms with E-state index in [9.17, 15) is 13.2 Å². The number of anilines is 1. The molecule has 4 rings (SSSR count).